The molecular formula is C21H16FN3O3. The van der Waals surface area contributed by atoms with Crippen LogP contribution in [-0.4, -0.2) is 15.7 Å². The van der Waals surface area contributed by atoms with Crippen LogP contribution in [0.4, 0.5) is 15.8 Å². The molecule has 0 fully saturated rings. The summed E-state index contributed by atoms with van der Waals surface area (Å²) < 4.78 is 13.4. The van der Waals surface area contributed by atoms with Crippen molar-refractivity contribution in [3.63, 3.8) is 0 Å². The highest BCUT2D eigenvalue weighted by Crippen LogP contribution is 2.37. The Bertz CT molecular complexity index is 1030. The number of rotatable bonds is 4. The molecule has 1 atom stereocenters. The number of nitrogens with zero attached hydrogens (tertiary/aromatic N) is 3. The first-order valence-electron chi connectivity index (χ1n) is 8.67. The number of hydrogen-bond donors (Lipinski definition) is 1. The molecule has 3 aromatic rings. The Morgan fingerprint density at radius 3 is 2.25 bits per heavy atom. The van der Waals surface area contributed by atoms with Crippen LogP contribution < -0.4 is 5.01 Å². The summed E-state index contributed by atoms with van der Waals surface area (Å²) in [4.78, 5) is 10.5. The van der Waals surface area contributed by atoms with E-state index in [1.807, 2.05) is 0 Å². The lowest BCUT2D eigenvalue weighted by atomic mass is 9.98. The van der Waals surface area contributed by atoms with Gasteiger partial charge >= 0.3 is 0 Å². The Labute approximate surface area is 160 Å². The van der Waals surface area contributed by atoms with Gasteiger partial charge in [0.2, 0.25) is 0 Å². The van der Waals surface area contributed by atoms with E-state index in [2.05, 4.69) is 0 Å². The summed E-state index contributed by atoms with van der Waals surface area (Å²) in [6, 6.07) is 19.0. The fourth-order valence-electron chi connectivity index (χ4n) is 3.25. The highest BCUT2D eigenvalue weighted by Gasteiger charge is 2.30. The molecule has 0 bridgehead atoms. The van der Waals surface area contributed by atoms with Crippen molar-refractivity contribution >= 4 is 17.1 Å². The topological polar surface area (TPSA) is 79.0 Å². The van der Waals surface area contributed by atoms with E-state index in [4.69, 9.17) is 5.10 Å². The van der Waals surface area contributed by atoms with Crippen molar-refractivity contribution in [2.24, 2.45) is 5.10 Å². The first kappa shape index (κ1) is 17.7. The maximum Gasteiger partial charge on any atom is 0.269 e. The van der Waals surface area contributed by atoms with Crippen molar-refractivity contribution in [3.8, 4) is 5.75 Å². The molecule has 0 aromatic heterocycles. The van der Waals surface area contributed by atoms with E-state index < -0.39 is 4.92 Å². The Morgan fingerprint density at radius 1 is 1.00 bits per heavy atom. The van der Waals surface area contributed by atoms with Crippen molar-refractivity contribution < 1.29 is 14.4 Å². The molecule has 0 saturated carbocycles. The number of hydrazone groups is 1. The molecular weight excluding hydrogens is 361 g/mol. The molecule has 1 heterocycles. The van der Waals surface area contributed by atoms with Gasteiger partial charge in [0.15, 0.2) is 0 Å². The zero-order chi connectivity index (χ0) is 19.7. The van der Waals surface area contributed by atoms with Crippen molar-refractivity contribution in [2.45, 2.75) is 12.5 Å². The fourth-order valence-corrected chi connectivity index (χ4v) is 3.25. The average molecular weight is 377 g/mol. The summed E-state index contributed by atoms with van der Waals surface area (Å²) in [6.07, 6.45) is 0.577. The molecule has 1 aliphatic rings. The maximum absolute atomic E-state index is 13.4. The molecule has 7 heteroatoms. The average Bonchev–Trinajstić information content (AvgIpc) is 3.14. The van der Waals surface area contributed by atoms with Crippen LogP contribution in [0.25, 0.3) is 0 Å². The van der Waals surface area contributed by atoms with Crippen LogP contribution in [0.2, 0.25) is 0 Å². The van der Waals surface area contributed by atoms with E-state index in [0.29, 0.717) is 12.1 Å². The molecule has 0 saturated heterocycles. The SMILES string of the molecule is O=[N+]([O-])c1ccc(N2N=C(c3ccc(O)cc3)C[C@H]2c2ccc(F)cc2)cc1. The van der Waals surface area contributed by atoms with Crippen LogP contribution in [0.1, 0.15) is 23.6 Å². The second-order valence-corrected chi connectivity index (χ2v) is 6.48. The van der Waals surface area contributed by atoms with Crippen molar-refractivity contribution in [1.82, 2.24) is 0 Å². The van der Waals surface area contributed by atoms with E-state index >= 15 is 0 Å². The summed E-state index contributed by atoms with van der Waals surface area (Å²) >= 11 is 0. The van der Waals surface area contributed by atoms with Gasteiger partial charge in [-0.2, -0.15) is 5.10 Å². The van der Waals surface area contributed by atoms with E-state index in [-0.39, 0.29) is 23.3 Å². The predicted molar refractivity (Wildman–Crippen MR) is 104 cm³/mol. The minimum absolute atomic E-state index is 0.00372. The fraction of sp³-hybridized carbons (Fsp3) is 0.0952. The largest absolute Gasteiger partial charge is 0.508 e. The van der Waals surface area contributed by atoms with Crippen LogP contribution in [0, 0.1) is 15.9 Å². The second-order valence-electron chi connectivity index (χ2n) is 6.48. The number of anilines is 1. The van der Waals surface area contributed by atoms with Gasteiger partial charge in [0.25, 0.3) is 5.69 Å². The third-order valence-corrected chi connectivity index (χ3v) is 4.69. The number of hydrogen-bond acceptors (Lipinski definition) is 5. The maximum atomic E-state index is 13.4. The third-order valence-electron chi connectivity index (χ3n) is 4.69. The van der Waals surface area contributed by atoms with Crippen molar-refractivity contribution in [2.75, 3.05) is 5.01 Å². The zero-order valence-electron chi connectivity index (χ0n) is 14.7. The van der Waals surface area contributed by atoms with Gasteiger partial charge in [0.05, 0.1) is 22.4 Å². The summed E-state index contributed by atoms with van der Waals surface area (Å²) in [5.74, 6) is -0.145. The molecule has 1 N–H and O–H groups in total. The molecule has 4 rings (SSSR count). The number of benzene rings is 3. The molecule has 0 unspecified atom stereocenters. The van der Waals surface area contributed by atoms with Crippen LogP contribution in [-0.2, 0) is 0 Å². The van der Waals surface area contributed by atoms with E-state index in [0.717, 1.165) is 16.8 Å². The van der Waals surface area contributed by atoms with E-state index in [1.54, 1.807) is 53.5 Å². The number of non-ortho nitro benzene ring substituents is 1. The third kappa shape index (κ3) is 3.42. The standard InChI is InChI=1S/C21H16FN3O3/c22-16-5-1-15(2-6-16)21-13-20(14-3-11-19(26)12-4-14)23-24(21)17-7-9-18(10-8-17)25(27)28/h1-12,21,26H,13H2/t21-/m0/s1. The molecule has 0 spiro atoms. The number of aromatic hydroxyl groups is 1. The van der Waals surface area contributed by atoms with Crippen LogP contribution in [0.3, 0.4) is 0 Å². The Balaban J connectivity index is 1.73. The minimum atomic E-state index is -0.448. The van der Waals surface area contributed by atoms with Crippen LogP contribution >= 0.6 is 0 Å². The van der Waals surface area contributed by atoms with Crippen LogP contribution in [0.15, 0.2) is 77.9 Å². The van der Waals surface area contributed by atoms with E-state index in [1.165, 1.54) is 24.3 Å². The number of halogens is 1. The molecule has 1 aliphatic heterocycles. The molecule has 3 aromatic carbocycles. The van der Waals surface area contributed by atoms with Gasteiger partial charge in [0.1, 0.15) is 11.6 Å². The smallest absolute Gasteiger partial charge is 0.269 e. The number of phenols is 1. The zero-order valence-corrected chi connectivity index (χ0v) is 14.7. The monoisotopic (exact) mass is 377 g/mol. The van der Waals surface area contributed by atoms with Gasteiger partial charge in [-0.05, 0) is 59.7 Å². The van der Waals surface area contributed by atoms with Crippen LogP contribution in [0.5, 0.6) is 5.75 Å². The van der Waals surface area contributed by atoms with Crippen molar-refractivity contribution in [1.29, 1.82) is 0 Å². The highest BCUT2D eigenvalue weighted by atomic mass is 19.1. The lowest BCUT2D eigenvalue weighted by Gasteiger charge is -2.23. The predicted octanol–water partition coefficient (Wildman–Crippen LogP) is 4.80. The molecule has 28 heavy (non-hydrogen) atoms. The minimum Gasteiger partial charge on any atom is -0.508 e. The summed E-state index contributed by atoms with van der Waals surface area (Å²) in [7, 11) is 0. The molecule has 0 amide bonds. The number of phenolic OH excluding ortho intramolecular Hbond substituents is 1. The quantitative estimate of drug-likeness (QED) is 0.523. The van der Waals surface area contributed by atoms with E-state index in [9.17, 15) is 19.6 Å². The summed E-state index contributed by atoms with van der Waals surface area (Å²) in [5.41, 5.74) is 3.28. The Hall–Kier alpha value is -3.74. The lowest BCUT2D eigenvalue weighted by Crippen LogP contribution is -2.18. The normalized spacial score (nSPS) is 16.1. The summed E-state index contributed by atoms with van der Waals surface area (Å²) in [6.45, 7) is 0. The van der Waals surface area contributed by atoms with Gasteiger partial charge in [-0.3, -0.25) is 15.1 Å². The Kier molecular flexibility index (Phi) is 4.49. The van der Waals surface area contributed by atoms with Gasteiger partial charge in [-0.1, -0.05) is 12.1 Å². The first-order chi connectivity index (χ1) is 13.5. The first-order valence-corrected chi connectivity index (χ1v) is 8.67. The van der Waals surface area contributed by atoms with Gasteiger partial charge < -0.3 is 5.11 Å². The lowest BCUT2D eigenvalue weighted by molar-refractivity contribution is -0.384. The Morgan fingerprint density at radius 2 is 1.64 bits per heavy atom. The van der Waals surface area contributed by atoms with Gasteiger partial charge in [0, 0.05) is 18.6 Å². The number of nitro groups is 1. The van der Waals surface area contributed by atoms with Crippen molar-refractivity contribution in [3.05, 3.63) is 99.9 Å². The molecule has 0 aliphatic carbocycles. The second kappa shape index (κ2) is 7.11. The highest BCUT2D eigenvalue weighted by molar-refractivity contribution is 6.03. The molecule has 140 valence electrons. The number of nitro benzene ring substituents is 1. The molecule has 6 nitrogen and oxygen atoms in total. The summed E-state index contributed by atoms with van der Waals surface area (Å²) in [5, 5.41) is 26.9. The molecule has 0 radical (unpaired) electrons. The van der Waals surface area contributed by atoms with Gasteiger partial charge in [-0.15, -0.1) is 0 Å². The van der Waals surface area contributed by atoms with Gasteiger partial charge in [-0.25, -0.2) is 4.39 Å².